The number of pyridine rings is 1. The van der Waals surface area contributed by atoms with E-state index in [2.05, 4.69) is 15.0 Å². The lowest BCUT2D eigenvalue weighted by Crippen LogP contribution is -2.16. The van der Waals surface area contributed by atoms with Gasteiger partial charge in [0.1, 0.15) is 23.6 Å². The van der Waals surface area contributed by atoms with Crippen LogP contribution in [0.2, 0.25) is 5.15 Å². The van der Waals surface area contributed by atoms with Crippen LogP contribution in [0.25, 0.3) is 22.0 Å². The molecule has 0 unspecified atom stereocenters. The van der Waals surface area contributed by atoms with Crippen LogP contribution in [0, 0.1) is 6.92 Å². The first-order valence-corrected chi connectivity index (χ1v) is 10.5. The summed E-state index contributed by atoms with van der Waals surface area (Å²) in [6.45, 7) is 2.16. The fourth-order valence-electron chi connectivity index (χ4n) is 3.94. The zero-order valence-electron chi connectivity index (χ0n) is 17.6. The molecule has 5 rings (SSSR count). The van der Waals surface area contributed by atoms with E-state index in [4.69, 9.17) is 21.1 Å². The van der Waals surface area contributed by atoms with Crippen molar-refractivity contribution < 1.29 is 27.4 Å². The molecular weight excluding hydrogens is 473 g/mol. The lowest BCUT2D eigenvalue weighted by atomic mass is 10.0. The van der Waals surface area contributed by atoms with Crippen molar-refractivity contribution in [3.8, 4) is 22.8 Å². The molecule has 0 bridgehead atoms. The van der Waals surface area contributed by atoms with Gasteiger partial charge >= 0.3 is 6.18 Å². The van der Waals surface area contributed by atoms with Gasteiger partial charge in [-0.15, -0.1) is 0 Å². The van der Waals surface area contributed by atoms with Crippen molar-refractivity contribution >= 4 is 28.3 Å². The number of hydrogen-bond donors (Lipinski definition) is 0. The van der Waals surface area contributed by atoms with Crippen molar-refractivity contribution in [1.29, 1.82) is 0 Å². The summed E-state index contributed by atoms with van der Waals surface area (Å²) in [6, 6.07) is 6.64. The first-order valence-electron chi connectivity index (χ1n) is 10.2. The molecule has 4 aromatic rings. The molecular formula is C23H16ClF3N4O3. The van der Waals surface area contributed by atoms with Crippen LogP contribution in [-0.4, -0.2) is 38.5 Å². The molecule has 1 saturated heterocycles. The number of carbonyl (C=O) groups is 1. The van der Waals surface area contributed by atoms with E-state index in [1.165, 1.54) is 0 Å². The number of ketones is 1. The number of Topliss-reactive ketones (excluding diaryl/α,β-unsaturated/α-hetero) is 1. The van der Waals surface area contributed by atoms with Gasteiger partial charge in [-0.25, -0.2) is 15.0 Å². The van der Waals surface area contributed by atoms with E-state index < -0.39 is 17.9 Å². The van der Waals surface area contributed by atoms with Gasteiger partial charge in [-0.05, 0) is 36.2 Å². The minimum Gasteiger partial charge on any atom is -0.437 e. The lowest BCUT2D eigenvalue weighted by Gasteiger charge is -2.10. The third-order valence-corrected chi connectivity index (χ3v) is 5.72. The fraction of sp³-hybridized carbons (Fsp3) is 0.217. The van der Waals surface area contributed by atoms with Crippen LogP contribution in [0.3, 0.4) is 0 Å². The zero-order chi connectivity index (χ0) is 24.0. The number of hydrogen-bond acceptors (Lipinski definition) is 6. The van der Waals surface area contributed by atoms with E-state index in [1.807, 2.05) is 23.8 Å². The highest BCUT2D eigenvalue weighted by Crippen LogP contribution is 2.39. The molecule has 0 spiro atoms. The monoisotopic (exact) mass is 488 g/mol. The standard InChI is InChI=1S/C23H16ClF3N4O3/c1-12-4-13(6-14(5-12)34-20-8-29-19(7-30-20)23(25,26)27)15-9-31(17-10-33-11-18(17)32)16-2-3-28-22(24)21(15)16/h2-9,17H,10-11H2,1H3/t17-/m1/s1. The Bertz CT molecular complexity index is 1400. The molecule has 1 atom stereocenters. The second-order valence-corrected chi connectivity index (χ2v) is 8.18. The second kappa shape index (κ2) is 8.37. The molecule has 0 aliphatic carbocycles. The summed E-state index contributed by atoms with van der Waals surface area (Å²) >= 11 is 6.45. The van der Waals surface area contributed by atoms with Crippen molar-refractivity contribution in [2.24, 2.45) is 0 Å². The molecule has 1 aliphatic rings. The molecule has 4 heterocycles. The first-order chi connectivity index (χ1) is 16.2. The molecule has 1 aromatic carbocycles. The molecule has 34 heavy (non-hydrogen) atoms. The number of halogens is 4. The van der Waals surface area contributed by atoms with Gasteiger partial charge in [0.05, 0.1) is 24.5 Å². The molecule has 174 valence electrons. The van der Waals surface area contributed by atoms with Crippen molar-refractivity contribution in [1.82, 2.24) is 19.5 Å². The summed E-state index contributed by atoms with van der Waals surface area (Å²) in [5, 5.41) is 0.935. The molecule has 0 radical (unpaired) electrons. The Morgan fingerprint density at radius 2 is 2.00 bits per heavy atom. The molecule has 1 aliphatic heterocycles. The Balaban J connectivity index is 1.56. The number of nitrogens with zero attached hydrogens (tertiary/aromatic N) is 4. The van der Waals surface area contributed by atoms with Gasteiger partial charge in [0.15, 0.2) is 11.5 Å². The van der Waals surface area contributed by atoms with Crippen molar-refractivity contribution in [3.05, 3.63) is 65.5 Å². The maximum atomic E-state index is 12.7. The molecule has 1 fully saturated rings. The van der Waals surface area contributed by atoms with Crippen molar-refractivity contribution in [2.45, 2.75) is 19.1 Å². The van der Waals surface area contributed by atoms with E-state index >= 15 is 0 Å². The highest BCUT2D eigenvalue weighted by Gasteiger charge is 2.33. The number of benzene rings is 1. The Labute approximate surface area is 196 Å². The summed E-state index contributed by atoms with van der Waals surface area (Å²) in [5.41, 5.74) is 1.90. The van der Waals surface area contributed by atoms with Crippen LogP contribution in [0.1, 0.15) is 17.3 Å². The third kappa shape index (κ3) is 4.10. The highest BCUT2D eigenvalue weighted by molar-refractivity contribution is 6.35. The number of aryl methyl sites for hydroxylation is 1. The molecule has 0 amide bonds. The van der Waals surface area contributed by atoms with Gasteiger partial charge < -0.3 is 14.0 Å². The number of aromatic nitrogens is 4. The van der Waals surface area contributed by atoms with E-state index in [0.717, 1.165) is 28.4 Å². The van der Waals surface area contributed by atoms with Crippen LogP contribution < -0.4 is 4.74 Å². The zero-order valence-corrected chi connectivity index (χ0v) is 18.4. The Morgan fingerprint density at radius 1 is 1.18 bits per heavy atom. The third-order valence-electron chi connectivity index (χ3n) is 5.43. The Hall–Kier alpha value is -3.50. The SMILES string of the molecule is Cc1cc(Oc2cnc(C(F)(F)F)cn2)cc(-c2cn([C@@H]3COCC3=O)c3ccnc(Cl)c23)c1. The molecule has 0 saturated carbocycles. The van der Waals surface area contributed by atoms with Gasteiger partial charge in [-0.3, -0.25) is 4.79 Å². The van der Waals surface area contributed by atoms with Gasteiger partial charge in [0, 0.05) is 23.3 Å². The average Bonchev–Trinajstić information content (AvgIpc) is 3.37. The molecule has 3 aromatic heterocycles. The maximum Gasteiger partial charge on any atom is 0.434 e. The topological polar surface area (TPSA) is 79.1 Å². The van der Waals surface area contributed by atoms with E-state index in [-0.39, 0.29) is 30.0 Å². The van der Waals surface area contributed by atoms with Crippen LogP contribution in [0.15, 0.2) is 49.1 Å². The predicted octanol–water partition coefficient (Wildman–Crippen LogP) is 5.41. The minimum absolute atomic E-state index is 0.0365. The van der Waals surface area contributed by atoms with Crippen molar-refractivity contribution in [3.63, 3.8) is 0 Å². The van der Waals surface area contributed by atoms with Gasteiger partial charge in [-0.1, -0.05) is 17.7 Å². The Kier molecular flexibility index (Phi) is 5.49. The summed E-state index contributed by atoms with van der Waals surface area (Å²) < 4.78 is 51.1. The van der Waals surface area contributed by atoms with Gasteiger partial charge in [0.2, 0.25) is 5.88 Å². The lowest BCUT2D eigenvalue weighted by molar-refractivity contribution is -0.141. The number of ether oxygens (including phenoxy) is 2. The Morgan fingerprint density at radius 3 is 2.68 bits per heavy atom. The van der Waals surface area contributed by atoms with Gasteiger partial charge in [-0.2, -0.15) is 13.2 Å². The molecule has 7 nitrogen and oxygen atoms in total. The van der Waals surface area contributed by atoms with Crippen LogP contribution in [0.5, 0.6) is 11.6 Å². The smallest absolute Gasteiger partial charge is 0.434 e. The summed E-state index contributed by atoms with van der Waals surface area (Å²) in [4.78, 5) is 23.6. The predicted molar refractivity (Wildman–Crippen MR) is 117 cm³/mol. The quantitative estimate of drug-likeness (QED) is 0.358. The van der Waals surface area contributed by atoms with Crippen LogP contribution >= 0.6 is 11.6 Å². The average molecular weight is 489 g/mol. The number of carbonyl (C=O) groups excluding carboxylic acids is 1. The number of alkyl halides is 3. The van der Waals surface area contributed by atoms with E-state index in [0.29, 0.717) is 17.3 Å². The fourth-order valence-corrected chi connectivity index (χ4v) is 4.19. The van der Waals surface area contributed by atoms with Gasteiger partial charge in [0.25, 0.3) is 0 Å². The number of fused-ring (bicyclic) bond motifs is 1. The second-order valence-electron chi connectivity index (χ2n) is 7.82. The van der Waals surface area contributed by atoms with E-state index in [9.17, 15) is 18.0 Å². The summed E-state index contributed by atoms with van der Waals surface area (Å²) in [6.07, 6.45) is 0.343. The first kappa shape index (κ1) is 22.3. The van der Waals surface area contributed by atoms with Crippen LogP contribution in [-0.2, 0) is 15.7 Å². The maximum absolute atomic E-state index is 12.7. The van der Waals surface area contributed by atoms with Crippen LogP contribution in [0.4, 0.5) is 13.2 Å². The highest BCUT2D eigenvalue weighted by atomic mass is 35.5. The van der Waals surface area contributed by atoms with E-state index in [1.54, 1.807) is 24.4 Å². The summed E-state index contributed by atoms with van der Waals surface area (Å²) in [7, 11) is 0. The minimum atomic E-state index is -4.59. The molecule has 0 N–H and O–H groups in total. The normalized spacial score (nSPS) is 16.4. The number of rotatable bonds is 4. The summed E-state index contributed by atoms with van der Waals surface area (Å²) in [5.74, 6) is 0.233. The molecule has 11 heteroatoms. The largest absolute Gasteiger partial charge is 0.437 e. The van der Waals surface area contributed by atoms with Crippen molar-refractivity contribution in [2.75, 3.05) is 13.2 Å².